The van der Waals surface area contributed by atoms with Crippen LogP contribution in [0.1, 0.15) is 46.1 Å². The van der Waals surface area contributed by atoms with Gasteiger partial charge in [0.1, 0.15) is 0 Å². The number of nitrogens with zero attached hydrogens (tertiary/aromatic N) is 1. The Hall–Kier alpha value is -0.990. The Bertz CT molecular complexity index is 680. The van der Waals surface area contributed by atoms with E-state index >= 15 is 0 Å². The Balaban J connectivity index is 3.18. The van der Waals surface area contributed by atoms with Gasteiger partial charge in [-0.25, -0.2) is 0 Å². The van der Waals surface area contributed by atoms with Gasteiger partial charge < -0.3 is 18.1 Å². The zero-order valence-corrected chi connectivity index (χ0v) is 19.6. The maximum Gasteiger partial charge on any atom is 0.330 e. The lowest BCUT2D eigenvalue weighted by Crippen LogP contribution is -2.28. The van der Waals surface area contributed by atoms with E-state index in [9.17, 15) is 14.4 Å². The van der Waals surface area contributed by atoms with E-state index < -0.39 is 20.6 Å². The minimum atomic E-state index is -3.32. The van der Waals surface area contributed by atoms with Gasteiger partial charge in [-0.1, -0.05) is 30.3 Å². The van der Waals surface area contributed by atoms with Crippen LogP contribution in [-0.4, -0.2) is 38.8 Å². The fourth-order valence-electron chi connectivity index (χ4n) is 3.12. The molecule has 0 saturated carbocycles. The monoisotopic (exact) mass is 445 g/mol. The number of nitriles is 1. The van der Waals surface area contributed by atoms with Crippen molar-refractivity contribution in [2.75, 3.05) is 38.8 Å². The summed E-state index contributed by atoms with van der Waals surface area (Å²) in [6.45, 7) is 8.03. The van der Waals surface area contributed by atoms with Gasteiger partial charge >= 0.3 is 15.2 Å². The Morgan fingerprint density at radius 3 is 1.48 bits per heavy atom. The number of benzene rings is 1. The third-order valence-corrected chi connectivity index (χ3v) is 8.62. The molecule has 0 bridgehead atoms. The van der Waals surface area contributed by atoms with E-state index in [2.05, 4.69) is 6.07 Å². The predicted octanol–water partition coefficient (Wildman–Crippen LogP) is 5.76. The van der Waals surface area contributed by atoms with Gasteiger partial charge in [0.25, 0.3) is 0 Å². The van der Waals surface area contributed by atoms with Crippen molar-refractivity contribution in [1.82, 2.24) is 0 Å². The Kier molecular flexibility index (Phi) is 11.4. The van der Waals surface area contributed by atoms with E-state index in [4.69, 9.17) is 18.1 Å². The molecule has 0 spiro atoms. The topological polar surface area (TPSA) is 94.9 Å². The van der Waals surface area contributed by atoms with Gasteiger partial charge in [0.2, 0.25) is 0 Å². The van der Waals surface area contributed by atoms with E-state index in [-0.39, 0.29) is 51.6 Å². The second-order valence-electron chi connectivity index (χ2n) is 6.40. The molecule has 0 heterocycles. The second kappa shape index (κ2) is 12.6. The van der Waals surface area contributed by atoms with Gasteiger partial charge in [-0.05, 0) is 46.1 Å². The molecule has 0 N–H and O–H groups in total. The summed E-state index contributed by atoms with van der Waals surface area (Å²) in [6.07, 6.45) is 0.654. The Morgan fingerprint density at radius 1 is 0.793 bits per heavy atom. The maximum absolute atomic E-state index is 13.0. The lowest BCUT2D eigenvalue weighted by atomic mass is 9.77. The van der Waals surface area contributed by atoms with Gasteiger partial charge in [0, 0.05) is 0 Å². The molecule has 1 aromatic carbocycles. The largest absolute Gasteiger partial charge is 0.330 e. The fourth-order valence-corrected chi connectivity index (χ4v) is 6.67. The molecule has 0 aliphatic rings. The Labute approximate surface area is 174 Å². The number of hydrogen-bond acceptors (Lipinski definition) is 7. The molecule has 0 aromatic heterocycles. The number of hydrogen-bond donors (Lipinski definition) is 0. The van der Waals surface area contributed by atoms with Crippen LogP contribution >= 0.6 is 15.2 Å². The molecular weight excluding hydrogens is 412 g/mol. The highest BCUT2D eigenvalue weighted by atomic mass is 31.2. The first-order valence-electron chi connectivity index (χ1n) is 10.1. The fraction of sp³-hybridized carbons (Fsp3) is 0.650. The second-order valence-corrected chi connectivity index (χ2v) is 10.8. The van der Waals surface area contributed by atoms with Crippen molar-refractivity contribution in [3.05, 3.63) is 35.9 Å². The first-order valence-corrected chi connectivity index (χ1v) is 13.5. The Morgan fingerprint density at radius 2 is 1.17 bits per heavy atom. The van der Waals surface area contributed by atoms with Crippen LogP contribution in [0, 0.1) is 11.3 Å². The quantitative estimate of drug-likeness (QED) is 0.317. The molecule has 0 radical (unpaired) electrons. The maximum atomic E-state index is 13.0. The van der Waals surface area contributed by atoms with Crippen LogP contribution in [0.15, 0.2) is 30.3 Å². The summed E-state index contributed by atoms with van der Waals surface area (Å²) >= 11 is 0. The molecule has 9 heteroatoms. The minimum absolute atomic E-state index is 0.0880. The van der Waals surface area contributed by atoms with Crippen LogP contribution in [-0.2, 0) is 32.6 Å². The standard InChI is InChI=1S/C20H33NO6P2/c1-5-24-28(22,25-6-2)16-14-20(18-21,19-12-10-9-11-13-19)15-17-29(23,26-7-3)27-8-4/h9-13H,5-8,14-17H2,1-4H3. The molecule has 164 valence electrons. The summed E-state index contributed by atoms with van der Waals surface area (Å²) in [7, 11) is -6.64. The zero-order chi connectivity index (χ0) is 21.8. The third kappa shape index (κ3) is 7.98. The minimum Gasteiger partial charge on any atom is -0.309 e. The average Bonchev–Trinajstić information content (AvgIpc) is 2.70. The SMILES string of the molecule is CCOP(=O)(CCC(C#N)(CCP(=O)(OCC)OCC)c1ccccc1)OCC. The molecule has 0 unspecified atom stereocenters. The molecule has 0 aliphatic carbocycles. The van der Waals surface area contributed by atoms with E-state index in [1.54, 1.807) is 27.7 Å². The summed E-state index contributed by atoms with van der Waals surface area (Å²) in [5.41, 5.74) is -0.253. The molecular formula is C20H33NO6P2. The van der Waals surface area contributed by atoms with Crippen LogP contribution in [0.4, 0.5) is 0 Å². The average molecular weight is 445 g/mol. The molecule has 1 aromatic rings. The van der Waals surface area contributed by atoms with Gasteiger partial charge in [-0.2, -0.15) is 5.26 Å². The van der Waals surface area contributed by atoms with Gasteiger partial charge in [-0.15, -0.1) is 0 Å². The molecule has 0 aliphatic heterocycles. The van der Waals surface area contributed by atoms with Crippen molar-refractivity contribution in [3.8, 4) is 6.07 Å². The summed E-state index contributed by atoms with van der Waals surface area (Å²) in [5, 5.41) is 10.2. The van der Waals surface area contributed by atoms with Crippen molar-refractivity contribution >= 4 is 15.2 Å². The summed E-state index contributed by atoms with van der Waals surface area (Å²) in [6, 6.07) is 11.6. The molecule has 0 atom stereocenters. The molecule has 7 nitrogen and oxygen atoms in total. The molecule has 0 saturated heterocycles. The molecule has 1 rings (SSSR count). The highest BCUT2D eigenvalue weighted by Gasteiger charge is 2.39. The van der Waals surface area contributed by atoms with Crippen molar-refractivity contribution in [2.24, 2.45) is 0 Å². The van der Waals surface area contributed by atoms with E-state index in [1.807, 2.05) is 30.3 Å². The predicted molar refractivity (Wildman–Crippen MR) is 114 cm³/mol. The lowest BCUT2D eigenvalue weighted by Gasteiger charge is -2.30. The molecule has 29 heavy (non-hydrogen) atoms. The van der Waals surface area contributed by atoms with E-state index in [0.29, 0.717) is 0 Å². The number of rotatable bonds is 15. The van der Waals surface area contributed by atoms with E-state index in [1.165, 1.54) is 0 Å². The summed E-state index contributed by atoms with van der Waals surface area (Å²) < 4.78 is 47.5. The highest BCUT2D eigenvalue weighted by Crippen LogP contribution is 2.54. The van der Waals surface area contributed by atoms with Crippen LogP contribution in [0.25, 0.3) is 0 Å². The van der Waals surface area contributed by atoms with Gasteiger partial charge in [0.15, 0.2) is 0 Å². The molecule has 0 fully saturated rings. The van der Waals surface area contributed by atoms with E-state index in [0.717, 1.165) is 5.56 Å². The van der Waals surface area contributed by atoms with Crippen LogP contribution < -0.4 is 0 Å². The normalized spacial score (nSPS) is 12.7. The smallest absolute Gasteiger partial charge is 0.309 e. The summed E-state index contributed by atoms with van der Waals surface area (Å²) in [4.78, 5) is 0. The van der Waals surface area contributed by atoms with Crippen LogP contribution in [0.3, 0.4) is 0 Å². The lowest BCUT2D eigenvalue weighted by molar-refractivity contribution is 0.216. The molecule has 0 amide bonds. The first-order chi connectivity index (χ1) is 13.8. The first kappa shape index (κ1) is 26.0. The van der Waals surface area contributed by atoms with Crippen LogP contribution in [0.5, 0.6) is 0 Å². The van der Waals surface area contributed by atoms with Gasteiger partial charge in [0.05, 0.1) is 50.2 Å². The highest BCUT2D eigenvalue weighted by molar-refractivity contribution is 7.54. The van der Waals surface area contributed by atoms with Crippen molar-refractivity contribution < 1.29 is 27.2 Å². The van der Waals surface area contributed by atoms with Crippen LogP contribution in [0.2, 0.25) is 0 Å². The van der Waals surface area contributed by atoms with Crippen molar-refractivity contribution in [3.63, 3.8) is 0 Å². The van der Waals surface area contributed by atoms with Gasteiger partial charge in [-0.3, -0.25) is 9.13 Å². The zero-order valence-electron chi connectivity index (χ0n) is 17.8. The van der Waals surface area contributed by atoms with Crippen molar-refractivity contribution in [2.45, 2.75) is 46.0 Å². The third-order valence-electron chi connectivity index (χ3n) is 4.47. The van der Waals surface area contributed by atoms with Crippen molar-refractivity contribution in [1.29, 1.82) is 5.26 Å². The summed E-state index contributed by atoms with van der Waals surface area (Å²) in [5.74, 6) is 0.